The monoisotopic (exact) mass is 187 g/mol. The van der Waals surface area contributed by atoms with Crippen LogP contribution in [0.25, 0.3) is 0 Å². The lowest BCUT2D eigenvalue weighted by Crippen LogP contribution is -2.43. The average molecular weight is 187 g/mol. The highest BCUT2D eigenvalue weighted by Crippen LogP contribution is 2.14. The van der Waals surface area contributed by atoms with Crippen LogP contribution in [-0.2, 0) is 4.79 Å². The number of hydrogen-bond donors (Lipinski definition) is 2. The zero-order valence-corrected chi connectivity index (χ0v) is 7.80. The predicted octanol–water partition coefficient (Wildman–Crippen LogP) is 0.0917. The zero-order chi connectivity index (χ0) is 10.5. The number of nitrogens with two attached hydrogens (primary N) is 1. The Kier molecular flexibility index (Phi) is 4.35. The normalized spacial score (nSPS) is 13.2. The smallest absolute Gasteiger partial charge is 0.237 e. The van der Waals surface area contributed by atoms with Crippen molar-refractivity contribution in [1.82, 2.24) is 5.32 Å². The molecule has 0 fully saturated rings. The first-order chi connectivity index (χ1) is 5.87. The van der Waals surface area contributed by atoms with E-state index < -0.39 is 17.6 Å². The molecule has 0 radical (unpaired) electrons. The van der Waals surface area contributed by atoms with Gasteiger partial charge in [-0.25, -0.2) is 4.39 Å². The largest absolute Gasteiger partial charge is 0.342 e. The fraction of sp³-hybridized carbons (Fsp3) is 0.750. The van der Waals surface area contributed by atoms with E-state index in [-0.39, 0.29) is 13.0 Å². The van der Waals surface area contributed by atoms with Crippen molar-refractivity contribution in [1.29, 1.82) is 5.26 Å². The van der Waals surface area contributed by atoms with Crippen LogP contribution in [0.4, 0.5) is 4.39 Å². The summed E-state index contributed by atoms with van der Waals surface area (Å²) in [6.45, 7) is 2.61. The van der Waals surface area contributed by atoms with Gasteiger partial charge < -0.3 is 11.1 Å². The molecule has 13 heavy (non-hydrogen) atoms. The summed E-state index contributed by atoms with van der Waals surface area (Å²) >= 11 is 0. The first-order valence-electron chi connectivity index (χ1n) is 3.96. The highest BCUT2D eigenvalue weighted by molar-refractivity contribution is 5.81. The number of carbonyl (C=O) groups is 1. The lowest BCUT2D eigenvalue weighted by Gasteiger charge is -2.18. The molecule has 74 valence electrons. The Labute approximate surface area is 76.9 Å². The van der Waals surface area contributed by atoms with Crippen LogP contribution in [-0.4, -0.2) is 24.2 Å². The van der Waals surface area contributed by atoms with Crippen molar-refractivity contribution in [3.05, 3.63) is 0 Å². The Morgan fingerprint density at radius 2 is 2.31 bits per heavy atom. The lowest BCUT2D eigenvalue weighted by molar-refractivity contribution is -0.122. The molecule has 0 heterocycles. The Balaban J connectivity index is 3.91. The van der Waals surface area contributed by atoms with Gasteiger partial charge in [0, 0.05) is 6.42 Å². The number of nitriles is 1. The van der Waals surface area contributed by atoms with E-state index in [1.54, 1.807) is 6.07 Å². The Hall–Kier alpha value is -1.15. The molecule has 0 saturated heterocycles. The minimum absolute atomic E-state index is 0.0513. The van der Waals surface area contributed by atoms with Gasteiger partial charge in [0.05, 0.1) is 12.1 Å². The van der Waals surface area contributed by atoms with Crippen molar-refractivity contribution in [2.24, 2.45) is 5.73 Å². The van der Waals surface area contributed by atoms with Crippen molar-refractivity contribution in [2.75, 3.05) is 6.54 Å². The fourth-order valence-corrected chi connectivity index (χ4v) is 0.873. The molecule has 3 N–H and O–H groups in total. The molecule has 0 saturated carbocycles. The van der Waals surface area contributed by atoms with Crippen LogP contribution < -0.4 is 11.1 Å². The third-order valence-corrected chi connectivity index (χ3v) is 1.38. The summed E-state index contributed by atoms with van der Waals surface area (Å²) in [6.07, 6.45) is -0.0513. The molecular formula is C8H14FN3O. The zero-order valence-electron chi connectivity index (χ0n) is 7.80. The van der Waals surface area contributed by atoms with Crippen molar-refractivity contribution in [3.8, 4) is 6.07 Å². The van der Waals surface area contributed by atoms with Crippen LogP contribution in [0.3, 0.4) is 0 Å². The first kappa shape index (κ1) is 11.8. The summed E-state index contributed by atoms with van der Waals surface area (Å²) in [5, 5.41) is 10.4. The molecule has 0 aromatic heterocycles. The van der Waals surface area contributed by atoms with Crippen molar-refractivity contribution < 1.29 is 9.18 Å². The second-order valence-corrected chi connectivity index (χ2v) is 3.41. The SMILES string of the molecule is CC(C)(F)C[C@H](N)C(=O)NCC#N. The molecular weight excluding hydrogens is 173 g/mol. The summed E-state index contributed by atoms with van der Waals surface area (Å²) < 4.78 is 13.0. The third kappa shape index (κ3) is 6.05. The van der Waals surface area contributed by atoms with Gasteiger partial charge in [0.1, 0.15) is 12.2 Å². The van der Waals surface area contributed by atoms with E-state index in [1.165, 1.54) is 13.8 Å². The molecule has 0 aliphatic heterocycles. The maximum atomic E-state index is 13.0. The molecule has 0 aliphatic carbocycles. The summed E-state index contributed by atoms with van der Waals surface area (Å²) in [6, 6.07) is 0.840. The van der Waals surface area contributed by atoms with Crippen LogP contribution in [0.15, 0.2) is 0 Å². The molecule has 5 heteroatoms. The number of rotatable bonds is 4. The van der Waals surface area contributed by atoms with Crippen molar-refractivity contribution in [3.63, 3.8) is 0 Å². The first-order valence-corrected chi connectivity index (χ1v) is 3.96. The third-order valence-electron chi connectivity index (χ3n) is 1.38. The number of nitrogens with zero attached hydrogens (tertiary/aromatic N) is 1. The van der Waals surface area contributed by atoms with E-state index in [2.05, 4.69) is 5.32 Å². The van der Waals surface area contributed by atoms with Crippen LogP contribution in [0.1, 0.15) is 20.3 Å². The summed E-state index contributed by atoms with van der Waals surface area (Å²) in [5.41, 5.74) is 3.91. The van der Waals surface area contributed by atoms with E-state index in [9.17, 15) is 9.18 Å². The van der Waals surface area contributed by atoms with E-state index in [4.69, 9.17) is 11.0 Å². The topological polar surface area (TPSA) is 78.9 Å². The van der Waals surface area contributed by atoms with Gasteiger partial charge in [-0.2, -0.15) is 5.26 Å². The summed E-state index contributed by atoms with van der Waals surface area (Å²) in [4.78, 5) is 11.0. The van der Waals surface area contributed by atoms with Gasteiger partial charge in [-0.1, -0.05) is 0 Å². The van der Waals surface area contributed by atoms with Crippen LogP contribution in [0, 0.1) is 11.3 Å². The lowest BCUT2D eigenvalue weighted by atomic mass is 10.0. The van der Waals surface area contributed by atoms with Crippen LogP contribution in [0.2, 0.25) is 0 Å². The van der Waals surface area contributed by atoms with Gasteiger partial charge in [-0.05, 0) is 13.8 Å². The predicted molar refractivity (Wildman–Crippen MR) is 46.4 cm³/mol. The molecule has 0 aromatic carbocycles. The Morgan fingerprint density at radius 1 is 1.77 bits per heavy atom. The molecule has 0 rings (SSSR count). The van der Waals surface area contributed by atoms with E-state index in [0.717, 1.165) is 0 Å². The maximum Gasteiger partial charge on any atom is 0.237 e. The number of amides is 1. The van der Waals surface area contributed by atoms with Crippen LogP contribution >= 0.6 is 0 Å². The van der Waals surface area contributed by atoms with Gasteiger partial charge >= 0.3 is 0 Å². The minimum atomic E-state index is -1.47. The van der Waals surface area contributed by atoms with Gasteiger partial charge in [0.25, 0.3) is 0 Å². The second kappa shape index (κ2) is 4.77. The van der Waals surface area contributed by atoms with E-state index >= 15 is 0 Å². The molecule has 1 atom stereocenters. The number of alkyl halides is 1. The number of halogens is 1. The Bertz CT molecular complexity index is 216. The highest BCUT2D eigenvalue weighted by atomic mass is 19.1. The fourth-order valence-electron chi connectivity index (χ4n) is 0.873. The maximum absolute atomic E-state index is 13.0. The summed E-state index contributed by atoms with van der Waals surface area (Å²) in [7, 11) is 0. The molecule has 0 unspecified atom stereocenters. The number of hydrogen-bond acceptors (Lipinski definition) is 3. The Morgan fingerprint density at radius 3 is 2.69 bits per heavy atom. The molecule has 4 nitrogen and oxygen atoms in total. The highest BCUT2D eigenvalue weighted by Gasteiger charge is 2.24. The van der Waals surface area contributed by atoms with E-state index in [1.807, 2.05) is 0 Å². The van der Waals surface area contributed by atoms with Crippen molar-refractivity contribution >= 4 is 5.91 Å². The van der Waals surface area contributed by atoms with Gasteiger partial charge in [0.2, 0.25) is 5.91 Å². The quantitative estimate of drug-likeness (QED) is 0.612. The molecule has 0 aliphatic rings. The molecule has 0 bridgehead atoms. The number of carbonyl (C=O) groups excluding carboxylic acids is 1. The molecule has 1 amide bonds. The number of nitrogens with one attached hydrogen (secondary N) is 1. The molecule has 0 aromatic rings. The molecule has 0 spiro atoms. The van der Waals surface area contributed by atoms with Gasteiger partial charge in [-0.15, -0.1) is 0 Å². The van der Waals surface area contributed by atoms with E-state index in [0.29, 0.717) is 0 Å². The van der Waals surface area contributed by atoms with Gasteiger partial charge in [-0.3, -0.25) is 4.79 Å². The average Bonchev–Trinajstić information content (AvgIpc) is 1.96. The van der Waals surface area contributed by atoms with Crippen LogP contribution in [0.5, 0.6) is 0 Å². The second-order valence-electron chi connectivity index (χ2n) is 3.41. The van der Waals surface area contributed by atoms with Crippen molar-refractivity contribution in [2.45, 2.75) is 32.0 Å². The van der Waals surface area contributed by atoms with Gasteiger partial charge in [0.15, 0.2) is 0 Å². The standard InChI is InChI=1S/C8H14FN3O/c1-8(2,9)5-6(11)7(13)12-4-3-10/h6H,4-5,11H2,1-2H3,(H,12,13)/t6-/m0/s1. The summed E-state index contributed by atoms with van der Waals surface area (Å²) in [5.74, 6) is -0.493. The minimum Gasteiger partial charge on any atom is -0.342 e.